The van der Waals surface area contributed by atoms with E-state index in [1.807, 2.05) is 18.2 Å². The second-order valence-electron chi connectivity index (χ2n) is 5.17. The standard InChI is InChI=1S/C15H16BrNO4/c1-15(2,14(19)20)17-9-21-11(8-16)12(13(17)18)10-6-4-3-5-7-10/h3-7H,8-9H2,1-2H3,(H,19,20). The summed E-state index contributed by atoms with van der Waals surface area (Å²) in [5, 5.41) is 9.71. The highest BCUT2D eigenvalue weighted by Crippen LogP contribution is 2.31. The van der Waals surface area contributed by atoms with E-state index in [4.69, 9.17) is 4.74 Å². The maximum Gasteiger partial charge on any atom is 0.329 e. The fourth-order valence-electron chi connectivity index (χ4n) is 2.05. The summed E-state index contributed by atoms with van der Waals surface area (Å²) in [5.74, 6) is -0.896. The molecule has 1 aromatic carbocycles. The predicted molar refractivity (Wildman–Crippen MR) is 81.7 cm³/mol. The Labute approximate surface area is 131 Å². The minimum Gasteiger partial charge on any atom is -0.480 e. The number of alkyl halides is 1. The summed E-state index contributed by atoms with van der Waals surface area (Å²) >= 11 is 3.31. The Morgan fingerprint density at radius 1 is 1.38 bits per heavy atom. The highest BCUT2D eigenvalue weighted by molar-refractivity contribution is 9.09. The van der Waals surface area contributed by atoms with Crippen molar-refractivity contribution in [1.29, 1.82) is 0 Å². The molecule has 0 aliphatic carbocycles. The lowest BCUT2D eigenvalue weighted by atomic mass is 9.97. The molecule has 1 aliphatic heterocycles. The molecule has 0 fully saturated rings. The topological polar surface area (TPSA) is 66.8 Å². The molecule has 112 valence electrons. The van der Waals surface area contributed by atoms with Crippen LogP contribution in [-0.2, 0) is 14.3 Å². The van der Waals surface area contributed by atoms with Gasteiger partial charge in [-0.3, -0.25) is 9.69 Å². The lowest BCUT2D eigenvalue weighted by Gasteiger charge is -2.38. The van der Waals surface area contributed by atoms with Crippen molar-refractivity contribution < 1.29 is 19.4 Å². The van der Waals surface area contributed by atoms with Crippen LogP contribution >= 0.6 is 15.9 Å². The minimum atomic E-state index is -1.34. The molecule has 0 saturated heterocycles. The fraction of sp³-hybridized carbons (Fsp3) is 0.333. The van der Waals surface area contributed by atoms with Gasteiger partial charge in [-0.25, -0.2) is 4.79 Å². The van der Waals surface area contributed by atoms with Crippen molar-refractivity contribution in [3.8, 4) is 0 Å². The average molecular weight is 354 g/mol. The number of ether oxygens (including phenoxy) is 1. The number of benzene rings is 1. The van der Waals surface area contributed by atoms with Crippen molar-refractivity contribution in [3.63, 3.8) is 0 Å². The Morgan fingerprint density at radius 3 is 2.52 bits per heavy atom. The van der Waals surface area contributed by atoms with Gasteiger partial charge in [0, 0.05) is 0 Å². The van der Waals surface area contributed by atoms with Crippen molar-refractivity contribution in [3.05, 3.63) is 41.7 Å². The minimum absolute atomic E-state index is 0.0740. The second kappa shape index (κ2) is 5.89. The molecule has 0 unspecified atom stereocenters. The van der Waals surface area contributed by atoms with Crippen molar-refractivity contribution in [1.82, 2.24) is 4.90 Å². The maximum absolute atomic E-state index is 12.8. The molecule has 0 saturated carbocycles. The van der Waals surface area contributed by atoms with Crippen LogP contribution in [0.3, 0.4) is 0 Å². The summed E-state index contributed by atoms with van der Waals surface area (Å²) < 4.78 is 5.59. The molecule has 1 amide bonds. The lowest BCUT2D eigenvalue weighted by molar-refractivity contribution is -0.160. The molecule has 1 aromatic rings. The third-order valence-corrected chi connectivity index (χ3v) is 4.00. The van der Waals surface area contributed by atoms with Crippen LogP contribution < -0.4 is 0 Å². The Hall–Kier alpha value is -1.82. The zero-order valence-corrected chi connectivity index (χ0v) is 13.4. The average Bonchev–Trinajstić information content (AvgIpc) is 2.47. The van der Waals surface area contributed by atoms with E-state index in [1.54, 1.807) is 12.1 Å². The summed E-state index contributed by atoms with van der Waals surface area (Å²) in [6, 6.07) is 9.10. The molecule has 1 heterocycles. The Morgan fingerprint density at radius 2 is 2.00 bits per heavy atom. The first-order valence-electron chi connectivity index (χ1n) is 6.42. The van der Waals surface area contributed by atoms with Crippen LogP contribution in [0.15, 0.2) is 36.1 Å². The zero-order valence-electron chi connectivity index (χ0n) is 11.8. The van der Waals surface area contributed by atoms with Gasteiger partial charge in [0.05, 0.1) is 10.9 Å². The summed E-state index contributed by atoms with van der Waals surface area (Å²) in [7, 11) is 0. The smallest absolute Gasteiger partial charge is 0.329 e. The number of hydrogen-bond donors (Lipinski definition) is 1. The number of hydrogen-bond acceptors (Lipinski definition) is 3. The molecule has 6 heteroatoms. The molecule has 1 N–H and O–H groups in total. The first-order valence-corrected chi connectivity index (χ1v) is 7.54. The van der Waals surface area contributed by atoms with E-state index in [9.17, 15) is 14.7 Å². The second-order valence-corrected chi connectivity index (χ2v) is 5.73. The monoisotopic (exact) mass is 353 g/mol. The normalized spacial score (nSPS) is 16.0. The van der Waals surface area contributed by atoms with Gasteiger partial charge < -0.3 is 9.84 Å². The molecular weight excluding hydrogens is 338 g/mol. The van der Waals surface area contributed by atoms with E-state index in [-0.39, 0.29) is 12.6 Å². The van der Waals surface area contributed by atoms with Gasteiger partial charge in [0.2, 0.25) is 0 Å². The third kappa shape index (κ3) is 2.81. The quantitative estimate of drug-likeness (QED) is 0.844. The number of allylic oxidation sites excluding steroid dienone is 1. The lowest BCUT2D eigenvalue weighted by Crippen LogP contribution is -2.55. The maximum atomic E-state index is 12.8. The van der Waals surface area contributed by atoms with Gasteiger partial charge in [0.1, 0.15) is 11.3 Å². The van der Waals surface area contributed by atoms with Crippen LogP contribution in [0.2, 0.25) is 0 Å². The number of halogens is 1. The highest BCUT2D eigenvalue weighted by atomic mass is 79.9. The van der Waals surface area contributed by atoms with Crippen molar-refractivity contribution in [2.24, 2.45) is 0 Å². The van der Waals surface area contributed by atoms with Crippen molar-refractivity contribution >= 4 is 33.4 Å². The van der Waals surface area contributed by atoms with Gasteiger partial charge in [0.15, 0.2) is 6.73 Å². The van der Waals surface area contributed by atoms with Crippen LogP contribution in [-0.4, -0.2) is 39.5 Å². The SMILES string of the molecule is CC(C)(C(=O)O)N1COC(CBr)=C(c2ccccc2)C1=O. The molecular formula is C15H16BrNO4. The highest BCUT2D eigenvalue weighted by Gasteiger charge is 2.42. The van der Waals surface area contributed by atoms with Crippen molar-refractivity contribution in [2.75, 3.05) is 12.1 Å². The van der Waals surface area contributed by atoms with Crippen LogP contribution in [0, 0.1) is 0 Å². The number of aliphatic carboxylic acids is 1. The molecule has 0 bridgehead atoms. The number of carbonyl (C=O) groups excluding carboxylic acids is 1. The van der Waals surface area contributed by atoms with Crippen LogP contribution in [0.5, 0.6) is 0 Å². The number of rotatable bonds is 4. The Bertz CT molecular complexity index is 595. The molecule has 5 nitrogen and oxygen atoms in total. The number of carboxylic acid groups (broad SMARTS) is 1. The Kier molecular flexibility index (Phi) is 4.37. The van der Waals surface area contributed by atoms with Gasteiger partial charge in [-0.05, 0) is 19.4 Å². The number of carboxylic acids is 1. The summed E-state index contributed by atoms with van der Waals surface area (Å²) in [4.78, 5) is 25.4. The largest absolute Gasteiger partial charge is 0.480 e. The van der Waals surface area contributed by atoms with Gasteiger partial charge in [-0.1, -0.05) is 46.3 Å². The zero-order chi connectivity index (χ0) is 15.6. The fourth-order valence-corrected chi connectivity index (χ4v) is 2.50. The summed E-state index contributed by atoms with van der Waals surface area (Å²) in [6.07, 6.45) is 0. The van der Waals surface area contributed by atoms with Gasteiger partial charge >= 0.3 is 5.97 Å². The first-order chi connectivity index (χ1) is 9.89. The Balaban J connectivity index is 2.48. The molecule has 0 atom stereocenters. The summed E-state index contributed by atoms with van der Waals surface area (Å²) in [5.41, 5.74) is -0.231. The van der Waals surface area contributed by atoms with E-state index < -0.39 is 11.5 Å². The van der Waals surface area contributed by atoms with Crippen molar-refractivity contribution in [2.45, 2.75) is 19.4 Å². The van der Waals surface area contributed by atoms with Crippen LogP contribution in [0.4, 0.5) is 0 Å². The molecule has 21 heavy (non-hydrogen) atoms. The van der Waals surface area contributed by atoms with Crippen LogP contribution in [0.25, 0.3) is 5.57 Å². The third-order valence-electron chi connectivity index (χ3n) is 3.49. The molecule has 0 aromatic heterocycles. The first kappa shape index (κ1) is 15.6. The van der Waals surface area contributed by atoms with E-state index in [0.717, 1.165) is 0 Å². The van der Waals surface area contributed by atoms with Crippen LogP contribution in [0.1, 0.15) is 19.4 Å². The van der Waals surface area contributed by atoms with E-state index in [1.165, 1.54) is 18.7 Å². The van der Waals surface area contributed by atoms with Gasteiger partial charge in [-0.2, -0.15) is 0 Å². The number of carbonyl (C=O) groups is 2. The van der Waals surface area contributed by atoms with E-state index in [0.29, 0.717) is 22.2 Å². The predicted octanol–water partition coefficient (Wildman–Crippen LogP) is 2.47. The van der Waals surface area contributed by atoms with E-state index in [2.05, 4.69) is 15.9 Å². The summed E-state index contributed by atoms with van der Waals surface area (Å²) in [6.45, 7) is 2.89. The number of nitrogens with zero attached hydrogens (tertiary/aromatic N) is 1. The van der Waals surface area contributed by atoms with E-state index >= 15 is 0 Å². The van der Waals surface area contributed by atoms with Gasteiger partial charge in [-0.15, -0.1) is 0 Å². The molecule has 0 spiro atoms. The molecule has 0 radical (unpaired) electrons. The molecule has 1 aliphatic rings. The molecule has 2 rings (SSSR count). The number of amides is 1. The van der Waals surface area contributed by atoms with Gasteiger partial charge in [0.25, 0.3) is 5.91 Å².